The Kier molecular flexibility index (Phi) is 4.93. The van der Waals surface area contributed by atoms with Crippen molar-refractivity contribution in [3.63, 3.8) is 0 Å². The molecule has 0 fully saturated rings. The van der Waals surface area contributed by atoms with Crippen molar-refractivity contribution in [2.75, 3.05) is 23.4 Å². The average molecular weight is 277 g/mol. The Labute approximate surface area is 110 Å². The van der Waals surface area contributed by atoms with E-state index < -0.39 is 12.7 Å². The van der Waals surface area contributed by atoms with Gasteiger partial charge in [-0.05, 0) is 13.8 Å². The van der Waals surface area contributed by atoms with Crippen LogP contribution in [-0.4, -0.2) is 29.2 Å². The lowest BCUT2D eigenvalue weighted by molar-refractivity contribution is -0.119. The maximum absolute atomic E-state index is 12.5. The summed E-state index contributed by atoms with van der Waals surface area (Å²) >= 11 is 0. The van der Waals surface area contributed by atoms with Gasteiger partial charge in [0.15, 0.2) is 0 Å². The van der Waals surface area contributed by atoms with Crippen molar-refractivity contribution in [2.24, 2.45) is 5.84 Å². The van der Waals surface area contributed by atoms with Crippen LogP contribution in [0.4, 0.5) is 24.8 Å². The van der Waals surface area contributed by atoms with Crippen LogP contribution in [0.3, 0.4) is 0 Å². The molecule has 1 rings (SSSR count). The van der Waals surface area contributed by atoms with E-state index in [1.54, 1.807) is 13.8 Å². The van der Waals surface area contributed by atoms with E-state index in [1.165, 1.54) is 0 Å². The van der Waals surface area contributed by atoms with Gasteiger partial charge in [0.25, 0.3) is 0 Å². The molecule has 19 heavy (non-hydrogen) atoms. The van der Waals surface area contributed by atoms with E-state index in [-0.39, 0.29) is 12.4 Å². The fraction of sp³-hybridized carbons (Fsp3) is 0.636. The normalized spacial score (nSPS) is 11.5. The number of aromatic nitrogens is 2. The molecule has 0 atom stereocenters. The van der Waals surface area contributed by atoms with Crippen LogP contribution in [0.2, 0.25) is 0 Å². The highest BCUT2D eigenvalue weighted by molar-refractivity contribution is 5.58. The van der Waals surface area contributed by atoms with Crippen LogP contribution in [0.5, 0.6) is 0 Å². The van der Waals surface area contributed by atoms with E-state index >= 15 is 0 Å². The third-order valence-electron chi connectivity index (χ3n) is 2.67. The second-order valence-corrected chi connectivity index (χ2v) is 4.06. The summed E-state index contributed by atoms with van der Waals surface area (Å²) in [4.78, 5) is 9.47. The minimum absolute atomic E-state index is 0.199. The number of nitrogens with two attached hydrogens (primary N) is 1. The molecule has 8 heteroatoms. The summed E-state index contributed by atoms with van der Waals surface area (Å²) in [6, 6.07) is 0. The molecule has 0 amide bonds. The monoisotopic (exact) mass is 277 g/mol. The Morgan fingerprint density at radius 3 is 2.32 bits per heavy atom. The van der Waals surface area contributed by atoms with Crippen LogP contribution >= 0.6 is 0 Å². The number of halogens is 3. The van der Waals surface area contributed by atoms with Gasteiger partial charge in [-0.1, -0.05) is 6.92 Å². The van der Waals surface area contributed by atoms with E-state index in [4.69, 9.17) is 5.84 Å². The molecule has 0 aromatic carbocycles. The minimum atomic E-state index is -4.28. The Balaban J connectivity index is 3.22. The number of hydrogen-bond donors (Lipinski definition) is 2. The van der Waals surface area contributed by atoms with Crippen LogP contribution in [-0.2, 0) is 6.42 Å². The molecule has 0 spiro atoms. The topological polar surface area (TPSA) is 67.1 Å². The predicted molar refractivity (Wildman–Crippen MR) is 67.9 cm³/mol. The molecular weight excluding hydrogens is 259 g/mol. The summed E-state index contributed by atoms with van der Waals surface area (Å²) in [6.07, 6.45) is -3.76. The zero-order valence-electron chi connectivity index (χ0n) is 11.2. The molecule has 0 aliphatic heterocycles. The average Bonchev–Trinajstić information content (AvgIpc) is 2.35. The van der Waals surface area contributed by atoms with E-state index in [1.807, 2.05) is 6.92 Å². The second kappa shape index (κ2) is 6.05. The van der Waals surface area contributed by atoms with E-state index in [0.29, 0.717) is 23.6 Å². The fourth-order valence-electron chi connectivity index (χ4n) is 1.71. The molecule has 0 radical (unpaired) electrons. The predicted octanol–water partition coefficient (Wildman–Crippen LogP) is 2.02. The number of anilines is 2. The highest BCUT2D eigenvalue weighted by atomic mass is 19.4. The smallest absolute Gasteiger partial charge is 0.347 e. The first-order chi connectivity index (χ1) is 8.82. The number of hydrazine groups is 1. The molecule has 0 bridgehead atoms. The summed E-state index contributed by atoms with van der Waals surface area (Å²) < 4.78 is 37.6. The van der Waals surface area contributed by atoms with Crippen LogP contribution in [0, 0.1) is 6.92 Å². The molecule has 1 aromatic rings. The molecular formula is C11H18F3N5. The van der Waals surface area contributed by atoms with Crippen LogP contribution in [0.25, 0.3) is 0 Å². The van der Waals surface area contributed by atoms with Crippen molar-refractivity contribution in [3.05, 3.63) is 11.4 Å². The molecule has 0 unspecified atom stereocenters. The van der Waals surface area contributed by atoms with Gasteiger partial charge in [-0.2, -0.15) is 13.2 Å². The third kappa shape index (κ3) is 3.95. The molecule has 0 saturated heterocycles. The van der Waals surface area contributed by atoms with Crippen molar-refractivity contribution in [1.29, 1.82) is 0 Å². The number of nitrogens with one attached hydrogen (secondary N) is 1. The summed E-state index contributed by atoms with van der Waals surface area (Å²) in [5, 5.41) is 0. The Hall–Kier alpha value is -1.57. The first kappa shape index (κ1) is 15.5. The minimum Gasteiger partial charge on any atom is -0.347 e. The molecule has 0 aliphatic rings. The van der Waals surface area contributed by atoms with Gasteiger partial charge in [0.1, 0.15) is 24.0 Å². The van der Waals surface area contributed by atoms with Crippen LogP contribution < -0.4 is 16.2 Å². The fourth-order valence-corrected chi connectivity index (χ4v) is 1.71. The lowest BCUT2D eigenvalue weighted by Crippen LogP contribution is -2.35. The van der Waals surface area contributed by atoms with Gasteiger partial charge in [0.2, 0.25) is 0 Å². The van der Waals surface area contributed by atoms with E-state index in [2.05, 4.69) is 15.4 Å². The van der Waals surface area contributed by atoms with Gasteiger partial charge in [-0.15, -0.1) is 0 Å². The Bertz CT molecular complexity index is 433. The van der Waals surface area contributed by atoms with Crippen molar-refractivity contribution in [1.82, 2.24) is 9.97 Å². The summed E-state index contributed by atoms with van der Waals surface area (Å²) in [6.45, 7) is 4.27. The van der Waals surface area contributed by atoms with E-state index in [0.717, 1.165) is 4.90 Å². The Morgan fingerprint density at radius 2 is 1.89 bits per heavy atom. The van der Waals surface area contributed by atoms with Crippen molar-refractivity contribution < 1.29 is 13.2 Å². The highest BCUT2D eigenvalue weighted by Crippen LogP contribution is 2.26. The number of nitrogens with zero attached hydrogens (tertiary/aromatic N) is 3. The number of aryl methyl sites for hydroxylation is 1. The summed E-state index contributed by atoms with van der Waals surface area (Å²) in [5.41, 5.74) is 2.90. The van der Waals surface area contributed by atoms with Gasteiger partial charge in [0, 0.05) is 18.5 Å². The summed E-state index contributed by atoms with van der Waals surface area (Å²) in [7, 11) is 0. The molecule has 0 aliphatic carbocycles. The second-order valence-electron chi connectivity index (χ2n) is 4.06. The first-order valence-electron chi connectivity index (χ1n) is 5.98. The highest BCUT2D eigenvalue weighted by Gasteiger charge is 2.31. The number of alkyl halides is 3. The van der Waals surface area contributed by atoms with E-state index in [9.17, 15) is 13.2 Å². The van der Waals surface area contributed by atoms with Crippen LogP contribution in [0.1, 0.15) is 25.2 Å². The van der Waals surface area contributed by atoms with Gasteiger partial charge in [-0.25, -0.2) is 15.8 Å². The molecule has 108 valence electrons. The summed E-state index contributed by atoms with van der Waals surface area (Å²) in [5.74, 6) is 6.40. The van der Waals surface area contributed by atoms with Gasteiger partial charge >= 0.3 is 6.18 Å². The number of nitrogen functional groups attached to an aromatic ring is 1. The number of rotatable bonds is 5. The Morgan fingerprint density at radius 1 is 1.26 bits per heavy atom. The lowest BCUT2D eigenvalue weighted by atomic mass is 10.2. The molecule has 0 saturated carbocycles. The van der Waals surface area contributed by atoms with Gasteiger partial charge < -0.3 is 10.3 Å². The van der Waals surface area contributed by atoms with Crippen LogP contribution in [0.15, 0.2) is 0 Å². The number of hydrogen-bond acceptors (Lipinski definition) is 5. The van der Waals surface area contributed by atoms with Gasteiger partial charge in [-0.3, -0.25) is 0 Å². The zero-order chi connectivity index (χ0) is 14.6. The molecule has 5 nitrogen and oxygen atoms in total. The molecule has 1 aromatic heterocycles. The molecule has 3 N–H and O–H groups in total. The maximum atomic E-state index is 12.5. The van der Waals surface area contributed by atoms with Crippen molar-refractivity contribution in [3.8, 4) is 0 Å². The standard InChI is InChI=1S/C11H18F3N5/c1-4-8-16-9(18-15)7(3)10(17-8)19(5-2)6-11(12,13)14/h4-6,15H2,1-3H3,(H,16,17,18). The van der Waals surface area contributed by atoms with Crippen molar-refractivity contribution in [2.45, 2.75) is 33.4 Å². The molecule has 1 heterocycles. The first-order valence-corrected chi connectivity index (χ1v) is 5.98. The maximum Gasteiger partial charge on any atom is 0.405 e. The largest absolute Gasteiger partial charge is 0.405 e. The van der Waals surface area contributed by atoms with Crippen molar-refractivity contribution >= 4 is 11.6 Å². The third-order valence-corrected chi connectivity index (χ3v) is 2.67. The quantitative estimate of drug-likeness (QED) is 0.636. The zero-order valence-corrected chi connectivity index (χ0v) is 11.2. The van der Waals surface area contributed by atoms with Gasteiger partial charge in [0.05, 0.1) is 0 Å². The SMILES string of the molecule is CCc1nc(NN)c(C)c(N(CC)CC(F)(F)F)n1. The lowest BCUT2D eigenvalue weighted by Gasteiger charge is -2.25.